The van der Waals surface area contributed by atoms with E-state index < -0.39 is 0 Å². The van der Waals surface area contributed by atoms with Crippen LogP contribution in [0.5, 0.6) is 0 Å². The maximum Gasteiger partial charge on any atom is 0.332 e. The lowest BCUT2D eigenvalue weighted by molar-refractivity contribution is 0.241. The molecule has 0 saturated carbocycles. The fourth-order valence-electron chi connectivity index (χ4n) is 4.78. The Labute approximate surface area is 198 Å². The number of hydrogen-bond donors (Lipinski definition) is 0. The van der Waals surface area contributed by atoms with Gasteiger partial charge in [-0.3, -0.25) is 18.8 Å². The highest BCUT2D eigenvalue weighted by molar-refractivity contribution is 5.71. The van der Waals surface area contributed by atoms with Gasteiger partial charge in [0.25, 0.3) is 5.56 Å². The highest BCUT2D eigenvalue weighted by Gasteiger charge is 2.23. The van der Waals surface area contributed by atoms with Gasteiger partial charge in [-0.1, -0.05) is 48.0 Å². The lowest BCUT2D eigenvalue weighted by Gasteiger charge is -2.36. The fourth-order valence-corrected chi connectivity index (χ4v) is 4.78. The minimum atomic E-state index is -0.360. The number of aromatic nitrogens is 4. The minimum Gasteiger partial charge on any atom is -0.369 e. The average Bonchev–Trinajstić information content (AvgIpc) is 3.20. The molecule has 0 N–H and O–H groups in total. The van der Waals surface area contributed by atoms with E-state index in [-0.39, 0.29) is 11.2 Å². The van der Waals surface area contributed by atoms with E-state index in [2.05, 4.69) is 59.2 Å². The number of aryl methyl sites for hydroxylation is 2. The van der Waals surface area contributed by atoms with Gasteiger partial charge < -0.3 is 9.47 Å². The fraction of sp³-hybridized carbons (Fsp3) is 0.346. The standard InChI is InChI=1S/C26H30N6O2/c1-19-8-7-9-20(16-19)17-32-22(27-24-23(32)25(33)29(3)26(34)28(24)2)18-30-12-14-31(15-13-30)21-10-5-4-6-11-21/h4-11,16H,12-15,17-18H2,1-3H3. The van der Waals surface area contributed by atoms with Crippen LogP contribution in [0.4, 0.5) is 5.69 Å². The van der Waals surface area contributed by atoms with E-state index in [9.17, 15) is 9.59 Å². The van der Waals surface area contributed by atoms with Crippen molar-refractivity contribution in [1.82, 2.24) is 23.6 Å². The molecule has 0 spiro atoms. The Bertz CT molecular complexity index is 1440. The topological polar surface area (TPSA) is 68.3 Å². The number of hydrogen-bond acceptors (Lipinski definition) is 5. The van der Waals surface area contributed by atoms with Gasteiger partial charge >= 0.3 is 5.69 Å². The van der Waals surface area contributed by atoms with Crippen molar-refractivity contribution in [1.29, 1.82) is 0 Å². The molecule has 1 fully saturated rings. The largest absolute Gasteiger partial charge is 0.369 e. The normalized spacial score (nSPS) is 14.7. The number of fused-ring (bicyclic) bond motifs is 1. The predicted molar refractivity (Wildman–Crippen MR) is 134 cm³/mol. The summed E-state index contributed by atoms with van der Waals surface area (Å²) in [7, 11) is 3.20. The molecule has 1 saturated heterocycles. The molecule has 2 aromatic carbocycles. The summed E-state index contributed by atoms with van der Waals surface area (Å²) in [5.74, 6) is 0.808. The van der Waals surface area contributed by atoms with E-state index in [0.717, 1.165) is 37.6 Å². The lowest BCUT2D eigenvalue weighted by atomic mass is 10.1. The van der Waals surface area contributed by atoms with Crippen LogP contribution in [0.15, 0.2) is 64.2 Å². The van der Waals surface area contributed by atoms with Gasteiger partial charge in [0.1, 0.15) is 5.82 Å². The first kappa shape index (κ1) is 22.2. The van der Waals surface area contributed by atoms with E-state index in [0.29, 0.717) is 24.3 Å². The molecule has 0 aliphatic carbocycles. The lowest BCUT2D eigenvalue weighted by Crippen LogP contribution is -2.46. The molecule has 1 aliphatic heterocycles. The van der Waals surface area contributed by atoms with Gasteiger partial charge in [0.2, 0.25) is 0 Å². The van der Waals surface area contributed by atoms with Crippen molar-refractivity contribution in [2.75, 3.05) is 31.1 Å². The third-order valence-corrected chi connectivity index (χ3v) is 6.71. The second-order valence-electron chi connectivity index (χ2n) is 9.08. The maximum atomic E-state index is 13.2. The number of benzene rings is 2. The van der Waals surface area contributed by atoms with Gasteiger partial charge in [0, 0.05) is 52.5 Å². The molecule has 0 unspecified atom stereocenters. The van der Waals surface area contributed by atoms with Crippen LogP contribution >= 0.6 is 0 Å². The Balaban J connectivity index is 1.49. The molecule has 0 atom stereocenters. The zero-order valence-corrected chi connectivity index (χ0v) is 19.9. The maximum absolute atomic E-state index is 13.2. The quantitative estimate of drug-likeness (QED) is 0.458. The van der Waals surface area contributed by atoms with Crippen LogP contribution in [0, 0.1) is 6.92 Å². The van der Waals surface area contributed by atoms with Gasteiger partial charge in [0.15, 0.2) is 11.2 Å². The zero-order valence-electron chi connectivity index (χ0n) is 19.9. The van der Waals surface area contributed by atoms with E-state index in [1.165, 1.54) is 27.4 Å². The van der Waals surface area contributed by atoms with E-state index in [1.54, 1.807) is 7.05 Å². The van der Waals surface area contributed by atoms with E-state index in [1.807, 2.05) is 16.7 Å². The number of nitrogens with zero attached hydrogens (tertiary/aromatic N) is 6. The molecule has 34 heavy (non-hydrogen) atoms. The van der Waals surface area contributed by atoms with Crippen molar-refractivity contribution in [2.24, 2.45) is 14.1 Å². The van der Waals surface area contributed by atoms with Crippen LogP contribution < -0.4 is 16.1 Å². The molecule has 4 aromatic rings. The van der Waals surface area contributed by atoms with Crippen molar-refractivity contribution in [2.45, 2.75) is 20.0 Å². The summed E-state index contributed by atoms with van der Waals surface area (Å²) in [6, 6.07) is 18.7. The molecule has 2 aromatic heterocycles. The molecule has 0 radical (unpaired) electrons. The van der Waals surface area contributed by atoms with Crippen LogP contribution in [-0.2, 0) is 27.2 Å². The third-order valence-electron chi connectivity index (χ3n) is 6.71. The van der Waals surface area contributed by atoms with Crippen molar-refractivity contribution < 1.29 is 0 Å². The summed E-state index contributed by atoms with van der Waals surface area (Å²) in [5.41, 5.74) is 3.76. The Hall–Kier alpha value is -3.65. The van der Waals surface area contributed by atoms with E-state index in [4.69, 9.17) is 4.98 Å². The van der Waals surface area contributed by atoms with Crippen LogP contribution in [-0.4, -0.2) is 49.8 Å². The number of para-hydroxylation sites is 1. The first-order chi connectivity index (χ1) is 16.4. The van der Waals surface area contributed by atoms with Crippen molar-refractivity contribution in [3.8, 4) is 0 Å². The zero-order chi connectivity index (χ0) is 23.8. The van der Waals surface area contributed by atoms with Gasteiger partial charge in [-0.25, -0.2) is 9.78 Å². The summed E-state index contributed by atoms with van der Waals surface area (Å²) < 4.78 is 4.63. The molecule has 8 nitrogen and oxygen atoms in total. The summed E-state index contributed by atoms with van der Waals surface area (Å²) in [6.45, 7) is 6.89. The summed E-state index contributed by atoms with van der Waals surface area (Å²) >= 11 is 0. The molecule has 5 rings (SSSR count). The average molecular weight is 459 g/mol. The van der Waals surface area contributed by atoms with E-state index >= 15 is 0 Å². The Morgan fingerprint density at radius 2 is 1.59 bits per heavy atom. The predicted octanol–water partition coefficient (Wildman–Crippen LogP) is 2.11. The van der Waals surface area contributed by atoms with Crippen LogP contribution in [0.1, 0.15) is 17.0 Å². The minimum absolute atomic E-state index is 0.307. The molecule has 0 amide bonds. The second kappa shape index (κ2) is 8.95. The highest BCUT2D eigenvalue weighted by atomic mass is 16.2. The first-order valence-corrected chi connectivity index (χ1v) is 11.7. The molecule has 0 bridgehead atoms. The molecule has 176 valence electrons. The molecule has 8 heteroatoms. The molecular weight excluding hydrogens is 428 g/mol. The summed E-state index contributed by atoms with van der Waals surface area (Å²) in [5, 5.41) is 0. The molecule has 3 heterocycles. The number of piperazine rings is 1. The highest BCUT2D eigenvalue weighted by Crippen LogP contribution is 2.19. The first-order valence-electron chi connectivity index (χ1n) is 11.7. The smallest absolute Gasteiger partial charge is 0.332 e. The van der Waals surface area contributed by atoms with Crippen LogP contribution in [0.2, 0.25) is 0 Å². The van der Waals surface area contributed by atoms with Gasteiger partial charge in [0.05, 0.1) is 6.54 Å². The number of imidazole rings is 1. The Morgan fingerprint density at radius 1 is 0.853 bits per heavy atom. The summed E-state index contributed by atoms with van der Waals surface area (Å²) in [6.07, 6.45) is 0. The van der Waals surface area contributed by atoms with Crippen molar-refractivity contribution in [3.05, 3.63) is 92.4 Å². The van der Waals surface area contributed by atoms with Crippen LogP contribution in [0.25, 0.3) is 11.2 Å². The second-order valence-corrected chi connectivity index (χ2v) is 9.08. The Morgan fingerprint density at radius 3 is 2.29 bits per heavy atom. The SMILES string of the molecule is Cc1cccc(Cn2c(CN3CCN(c4ccccc4)CC3)nc3c2c(=O)n(C)c(=O)n3C)c1. The van der Waals surface area contributed by atoms with Crippen molar-refractivity contribution in [3.63, 3.8) is 0 Å². The van der Waals surface area contributed by atoms with Crippen LogP contribution in [0.3, 0.4) is 0 Å². The van der Waals surface area contributed by atoms with Gasteiger partial charge in [-0.05, 0) is 24.6 Å². The Kier molecular flexibility index (Phi) is 5.83. The monoisotopic (exact) mass is 458 g/mol. The third kappa shape index (κ3) is 4.05. The van der Waals surface area contributed by atoms with Gasteiger partial charge in [-0.15, -0.1) is 0 Å². The number of rotatable bonds is 5. The molecular formula is C26H30N6O2. The van der Waals surface area contributed by atoms with Crippen molar-refractivity contribution >= 4 is 16.9 Å². The summed E-state index contributed by atoms with van der Waals surface area (Å²) in [4.78, 5) is 35.3. The van der Waals surface area contributed by atoms with Gasteiger partial charge in [-0.2, -0.15) is 0 Å². The molecule has 1 aliphatic rings. The number of anilines is 1.